The highest BCUT2D eigenvalue weighted by atomic mass is 35.5. The van der Waals surface area contributed by atoms with Crippen molar-refractivity contribution < 1.29 is 0 Å². The summed E-state index contributed by atoms with van der Waals surface area (Å²) in [5, 5.41) is 5.43. The quantitative estimate of drug-likeness (QED) is 0.730. The van der Waals surface area contributed by atoms with Crippen molar-refractivity contribution in [2.24, 2.45) is 7.05 Å². The number of hydrogen-bond donors (Lipinski definition) is 0. The van der Waals surface area contributed by atoms with Crippen LogP contribution in [0.25, 0.3) is 11.3 Å². The van der Waals surface area contributed by atoms with E-state index in [1.165, 1.54) is 0 Å². The van der Waals surface area contributed by atoms with Crippen LogP contribution in [-0.4, -0.2) is 9.78 Å². The summed E-state index contributed by atoms with van der Waals surface area (Å²) in [7, 11) is 1.82. The number of rotatable bonds is 1. The number of aryl methyl sites for hydroxylation is 1. The molecule has 0 bridgehead atoms. The van der Waals surface area contributed by atoms with Crippen molar-refractivity contribution >= 4 is 23.2 Å². The Morgan fingerprint density at radius 3 is 2.36 bits per heavy atom. The maximum absolute atomic E-state index is 5.88. The van der Waals surface area contributed by atoms with Crippen molar-refractivity contribution in [2.45, 2.75) is 0 Å². The summed E-state index contributed by atoms with van der Waals surface area (Å²) < 4.78 is 1.62. The third-order valence-electron chi connectivity index (χ3n) is 1.80. The predicted octanol–water partition coefficient (Wildman–Crippen LogP) is 3.19. The fraction of sp³-hybridized carbons (Fsp3) is 0.100. The van der Waals surface area contributed by atoms with E-state index in [1.807, 2.05) is 19.2 Å². The second-order valence-corrected chi connectivity index (χ2v) is 3.81. The Labute approximate surface area is 92.1 Å². The van der Waals surface area contributed by atoms with E-state index in [0.29, 0.717) is 10.0 Å². The van der Waals surface area contributed by atoms with E-state index < -0.39 is 0 Å². The standard InChI is InChI=1S/C10H7Cl2N2/c1-14-3-2-10(13-14)7-4-8(11)6-9(12)5-7/h2,4-6H,1H3. The molecule has 0 N–H and O–H groups in total. The van der Waals surface area contributed by atoms with Gasteiger partial charge >= 0.3 is 0 Å². The molecule has 71 valence electrons. The molecule has 0 spiro atoms. The highest BCUT2D eigenvalue weighted by Crippen LogP contribution is 2.25. The number of halogens is 2. The maximum atomic E-state index is 5.88. The van der Waals surface area contributed by atoms with E-state index in [0.717, 1.165) is 11.3 Å². The van der Waals surface area contributed by atoms with Gasteiger partial charge in [0.15, 0.2) is 0 Å². The lowest BCUT2D eigenvalue weighted by Gasteiger charge is -1.98. The average molecular weight is 226 g/mol. The summed E-state index contributed by atoms with van der Waals surface area (Å²) in [6, 6.07) is 7.13. The molecule has 2 rings (SSSR count). The van der Waals surface area contributed by atoms with Crippen LogP contribution in [0.15, 0.2) is 24.3 Å². The maximum Gasteiger partial charge on any atom is 0.0931 e. The first-order valence-electron chi connectivity index (χ1n) is 4.03. The molecule has 0 atom stereocenters. The van der Waals surface area contributed by atoms with Gasteiger partial charge in [0.1, 0.15) is 0 Å². The number of aromatic nitrogens is 2. The van der Waals surface area contributed by atoms with Gasteiger partial charge in [-0.05, 0) is 24.3 Å². The van der Waals surface area contributed by atoms with Crippen LogP contribution in [0.4, 0.5) is 0 Å². The van der Waals surface area contributed by atoms with Gasteiger partial charge < -0.3 is 0 Å². The number of benzene rings is 1. The largest absolute Gasteiger partial charge is 0.266 e. The smallest absolute Gasteiger partial charge is 0.0931 e. The van der Waals surface area contributed by atoms with E-state index >= 15 is 0 Å². The van der Waals surface area contributed by atoms with Crippen molar-refractivity contribution in [1.82, 2.24) is 9.78 Å². The van der Waals surface area contributed by atoms with Crippen LogP contribution in [0.5, 0.6) is 0 Å². The van der Waals surface area contributed by atoms with Crippen LogP contribution in [0.3, 0.4) is 0 Å². The molecule has 14 heavy (non-hydrogen) atoms. The molecule has 1 radical (unpaired) electrons. The van der Waals surface area contributed by atoms with Crippen molar-refractivity contribution in [1.29, 1.82) is 0 Å². The summed E-state index contributed by atoms with van der Waals surface area (Å²) in [5.41, 5.74) is 1.72. The molecule has 0 saturated carbocycles. The fourth-order valence-corrected chi connectivity index (χ4v) is 1.74. The van der Waals surface area contributed by atoms with Gasteiger partial charge in [0.25, 0.3) is 0 Å². The van der Waals surface area contributed by atoms with Gasteiger partial charge in [-0.3, -0.25) is 4.68 Å². The topological polar surface area (TPSA) is 17.8 Å². The van der Waals surface area contributed by atoms with Crippen molar-refractivity contribution in [3.05, 3.63) is 40.5 Å². The van der Waals surface area contributed by atoms with Gasteiger partial charge in [-0.1, -0.05) is 23.2 Å². The summed E-state index contributed by atoms with van der Waals surface area (Å²) in [4.78, 5) is 0. The monoisotopic (exact) mass is 225 g/mol. The van der Waals surface area contributed by atoms with Crippen LogP contribution in [0, 0.1) is 6.20 Å². The first-order valence-corrected chi connectivity index (χ1v) is 4.79. The zero-order chi connectivity index (χ0) is 10.1. The molecule has 1 aromatic carbocycles. The van der Waals surface area contributed by atoms with Gasteiger partial charge in [-0.25, -0.2) is 0 Å². The minimum absolute atomic E-state index is 0.609. The molecular weight excluding hydrogens is 219 g/mol. The molecule has 0 saturated heterocycles. The lowest BCUT2D eigenvalue weighted by molar-refractivity contribution is 0.765. The molecule has 0 aliphatic carbocycles. The molecule has 2 aromatic rings. The van der Waals surface area contributed by atoms with E-state index in [2.05, 4.69) is 11.3 Å². The molecule has 4 heteroatoms. The molecule has 1 heterocycles. The molecule has 2 nitrogen and oxygen atoms in total. The molecule has 1 aromatic heterocycles. The Bertz CT molecular complexity index is 443. The Kier molecular flexibility index (Phi) is 2.48. The number of hydrogen-bond acceptors (Lipinski definition) is 1. The van der Waals surface area contributed by atoms with Gasteiger partial charge in [-0.2, -0.15) is 5.10 Å². The first-order chi connectivity index (χ1) is 6.65. The number of nitrogens with zero attached hydrogens (tertiary/aromatic N) is 2. The molecule has 0 unspecified atom stereocenters. The van der Waals surface area contributed by atoms with E-state index in [1.54, 1.807) is 16.8 Å². The molecule has 0 fully saturated rings. The SMILES string of the molecule is Cn1[c]cc(-c2cc(Cl)cc(Cl)c2)n1. The highest BCUT2D eigenvalue weighted by molar-refractivity contribution is 6.35. The van der Waals surface area contributed by atoms with Crippen LogP contribution in [0.1, 0.15) is 0 Å². The van der Waals surface area contributed by atoms with E-state index in [4.69, 9.17) is 23.2 Å². The zero-order valence-electron chi connectivity index (χ0n) is 7.46. The predicted molar refractivity (Wildman–Crippen MR) is 57.5 cm³/mol. The summed E-state index contributed by atoms with van der Waals surface area (Å²) in [5.74, 6) is 0. The van der Waals surface area contributed by atoms with Crippen molar-refractivity contribution in [3.63, 3.8) is 0 Å². The Balaban J connectivity index is 2.51. The molecule has 0 aliphatic heterocycles. The van der Waals surface area contributed by atoms with Crippen LogP contribution in [-0.2, 0) is 7.05 Å². The van der Waals surface area contributed by atoms with Gasteiger partial charge in [0.05, 0.1) is 11.9 Å². The third kappa shape index (κ3) is 1.91. The fourth-order valence-electron chi connectivity index (χ4n) is 1.22. The van der Waals surface area contributed by atoms with E-state index in [9.17, 15) is 0 Å². The van der Waals surface area contributed by atoms with Crippen LogP contribution < -0.4 is 0 Å². The minimum atomic E-state index is 0.609. The van der Waals surface area contributed by atoms with Crippen molar-refractivity contribution in [3.8, 4) is 11.3 Å². The minimum Gasteiger partial charge on any atom is -0.266 e. The Morgan fingerprint density at radius 1 is 1.21 bits per heavy atom. The van der Waals surface area contributed by atoms with E-state index in [-0.39, 0.29) is 0 Å². The zero-order valence-corrected chi connectivity index (χ0v) is 8.97. The Hall–Kier alpha value is -0.990. The highest BCUT2D eigenvalue weighted by Gasteiger charge is 2.03. The molecular formula is C10H7Cl2N2. The Morgan fingerprint density at radius 2 is 1.86 bits per heavy atom. The lowest BCUT2D eigenvalue weighted by atomic mass is 10.2. The molecule has 0 amide bonds. The van der Waals surface area contributed by atoms with Crippen LogP contribution in [0.2, 0.25) is 10.0 Å². The average Bonchev–Trinajstić information content (AvgIpc) is 2.50. The summed E-state index contributed by atoms with van der Waals surface area (Å²) in [6.07, 6.45) is 2.93. The second kappa shape index (κ2) is 3.64. The first kappa shape index (κ1) is 9.56. The van der Waals surface area contributed by atoms with Crippen LogP contribution >= 0.6 is 23.2 Å². The summed E-state index contributed by atoms with van der Waals surface area (Å²) in [6.45, 7) is 0. The normalized spacial score (nSPS) is 10.5. The summed E-state index contributed by atoms with van der Waals surface area (Å²) >= 11 is 11.8. The van der Waals surface area contributed by atoms with Crippen molar-refractivity contribution in [2.75, 3.05) is 0 Å². The van der Waals surface area contributed by atoms with Gasteiger partial charge in [-0.15, -0.1) is 0 Å². The third-order valence-corrected chi connectivity index (χ3v) is 2.24. The van der Waals surface area contributed by atoms with Gasteiger partial charge in [0.2, 0.25) is 0 Å². The second-order valence-electron chi connectivity index (χ2n) is 2.94. The lowest BCUT2D eigenvalue weighted by Crippen LogP contribution is -1.88. The van der Waals surface area contributed by atoms with Gasteiger partial charge in [0, 0.05) is 22.7 Å². The molecule has 0 aliphatic rings.